The summed E-state index contributed by atoms with van der Waals surface area (Å²) >= 11 is 0. The van der Waals surface area contributed by atoms with Crippen molar-refractivity contribution in [3.8, 4) is 0 Å². The largest absolute Gasteiger partial charge is 0.346 e. The number of ether oxygens (including phenoxy) is 1. The predicted molar refractivity (Wildman–Crippen MR) is 51.0 cm³/mol. The van der Waals surface area contributed by atoms with Crippen LogP contribution < -0.4 is 16.0 Å². The molecule has 4 nitrogen and oxygen atoms in total. The van der Waals surface area contributed by atoms with Crippen molar-refractivity contribution in [1.29, 1.82) is 0 Å². The standard InChI is InChI=1S/C8H21N3O/c1-6-12-8(10-4,11-5)7(2)9-3/h7,9-11H,6H2,1-5H3. The lowest BCUT2D eigenvalue weighted by atomic mass is 10.2. The van der Waals surface area contributed by atoms with E-state index in [-0.39, 0.29) is 6.04 Å². The first-order valence-corrected chi connectivity index (χ1v) is 4.35. The number of nitrogens with one attached hydrogen (secondary N) is 3. The molecule has 0 aliphatic rings. The van der Waals surface area contributed by atoms with Crippen molar-refractivity contribution in [3.05, 3.63) is 0 Å². The molecule has 0 aliphatic heterocycles. The van der Waals surface area contributed by atoms with Gasteiger partial charge in [0.25, 0.3) is 0 Å². The van der Waals surface area contributed by atoms with Gasteiger partial charge in [0.1, 0.15) is 0 Å². The fraction of sp³-hybridized carbons (Fsp3) is 1.00. The van der Waals surface area contributed by atoms with Gasteiger partial charge < -0.3 is 10.1 Å². The first-order valence-electron chi connectivity index (χ1n) is 4.35. The molecule has 0 spiro atoms. The molecule has 0 aliphatic carbocycles. The summed E-state index contributed by atoms with van der Waals surface area (Å²) in [5.41, 5.74) is 0. The van der Waals surface area contributed by atoms with Crippen molar-refractivity contribution < 1.29 is 4.74 Å². The second kappa shape index (κ2) is 5.48. The Morgan fingerprint density at radius 2 is 1.75 bits per heavy atom. The maximum absolute atomic E-state index is 5.60. The van der Waals surface area contributed by atoms with Crippen molar-refractivity contribution in [1.82, 2.24) is 16.0 Å². The number of hydrogen-bond acceptors (Lipinski definition) is 4. The highest BCUT2D eigenvalue weighted by Gasteiger charge is 2.32. The van der Waals surface area contributed by atoms with Crippen LogP contribution in [0, 0.1) is 0 Å². The summed E-state index contributed by atoms with van der Waals surface area (Å²) in [6, 6.07) is 0.201. The molecular formula is C8H21N3O. The van der Waals surface area contributed by atoms with E-state index in [0.29, 0.717) is 6.61 Å². The minimum Gasteiger partial charge on any atom is -0.346 e. The summed E-state index contributed by atoms with van der Waals surface area (Å²) in [5.74, 6) is -0.469. The third-order valence-electron chi connectivity index (χ3n) is 2.16. The average molecular weight is 175 g/mol. The minimum absolute atomic E-state index is 0.201. The fourth-order valence-electron chi connectivity index (χ4n) is 1.26. The second-order valence-electron chi connectivity index (χ2n) is 2.68. The monoisotopic (exact) mass is 175 g/mol. The van der Waals surface area contributed by atoms with Crippen molar-refractivity contribution in [2.24, 2.45) is 0 Å². The summed E-state index contributed by atoms with van der Waals surface area (Å²) in [6.07, 6.45) is 0. The molecular weight excluding hydrogens is 154 g/mol. The molecule has 0 bridgehead atoms. The Morgan fingerprint density at radius 1 is 1.25 bits per heavy atom. The topological polar surface area (TPSA) is 45.3 Å². The van der Waals surface area contributed by atoms with Gasteiger partial charge in [-0.25, -0.2) is 0 Å². The van der Waals surface area contributed by atoms with Crippen LogP contribution in [0.4, 0.5) is 0 Å². The molecule has 0 fully saturated rings. The van der Waals surface area contributed by atoms with Crippen LogP contribution in [0.5, 0.6) is 0 Å². The number of hydrogen-bond donors (Lipinski definition) is 3. The molecule has 0 aromatic heterocycles. The van der Waals surface area contributed by atoms with E-state index in [1.54, 1.807) is 0 Å². The molecule has 0 aromatic rings. The number of rotatable bonds is 6. The van der Waals surface area contributed by atoms with Gasteiger partial charge in [0.2, 0.25) is 0 Å². The van der Waals surface area contributed by atoms with Gasteiger partial charge in [-0.1, -0.05) is 0 Å². The Hall–Kier alpha value is -0.160. The van der Waals surface area contributed by atoms with E-state index in [2.05, 4.69) is 22.9 Å². The maximum Gasteiger partial charge on any atom is 0.189 e. The smallest absolute Gasteiger partial charge is 0.189 e. The lowest BCUT2D eigenvalue weighted by Gasteiger charge is -2.37. The van der Waals surface area contributed by atoms with Crippen molar-refractivity contribution in [2.45, 2.75) is 25.7 Å². The van der Waals surface area contributed by atoms with Crippen LogP contribution >= 0.6 is 0 Å². The van der Waals surface area contributed by atoms with Crippen LogP contribution in [-0.4, -0.2) is 39.6 Å². The highest BCUT2D eigenvalue weighted by Crippen LogP contribution is 2.07. The molecule has 0 rings (SSSR count). The van der Waals surface area contributed by atoms with E-state index >= 15 is 0 Å². The van der Waals surface area contributed by atoms with Gasteiger partial charge in [-0.2, -0.15) is 0 Å². The van der Waals surface area contributed by atoms with Crippen LogP contribution in [0.2, 0.25) is 0 Å². The Kier molecular flexibility index (Phi) is 5.41. The third-order valence-corrected chi connectivity index (χ3v) is 2.16. The van der Waals surface area contributed by atoms with Gasteiger partial charge >= 0.3 is 0 Å². The molecule has 4 heteroatoms. The Balaban J connectivity index is 4.33. The second-order valence-corrected chi connectivity index (χ2v) is 2.68. The molecule has 1 unspecified atom stereocenters. The van der Waals surface area contributed by atoms with Crippen LogP contribution in [0.3, 0.4) is 0 Å². The Labute approximate surface area is 75.1 Å². The van der Waals surface area contributed by atoms with Crippen LogP contribution in [0.15, 0.2) is 0 Å². The normalized spacial score (nSPS) is 14.8. The van der Waals surface area contributed by atoms with E-state index in [1.807, 2.05) is 28.1 Å². The lowest BCUT2D eigenvalue weighted by molar-refractivity contribution is -0.101. The van der Waals surface area contributed by atoms with Gasteiger partial charge in [-0.05, 0) is 35.0 Å². The van der Waals surface area contributed by atoms with Gasteiger partial charge in [0.15, 0.2) is 5.85 Å². The van der Waals surface area contributed by atoms with Gasteiger partial charge in [0, 0.05) is 6.61 Å². The van der Waals surface area contributed by atoms with Crippen molar-refractivity contribution >= 4 is 0 Å². The van der Waals surface area contributed by atoms with E-state index < -0.39 is 5.85 Å². The quantitative estimate of drug-likeness (QED) is 0.486. The zero-order valence-corrected chi connectivity index (χ0v) is 8.69. The van der Waals surface area contributed by atoms with E-state index in [9.17, 15) is 0 Å². The van der Waals surface area contributed by atoms with Gasteiger partial charge in [-0.15, -0.1) is 0 Å². The summed E-state index contributed by atoms with van der Waals surface area (Å²) in [7, 11) is 5.66. The highest BCUT2D eigenvalue weighted by molar-refractivity contribution is 4.82. The maximum atomic E-state index is 5.60. The molecule has 1 atom stereocenters. The summed E-state index contributed by atoms with van der Waals surface area (Å²) in [4.78, 5) is 0. The molecule has 0 heterocycles. The third kappa shape index (κ3) is 2.42. The van der Waals surface area contributed by atoms with Gasteiger partial charge in [-0.3, -0.25) is 10.6 Å². The van der Waals surface area contributed by atoms with Crippen LogP contribution in [0.1, 0.15) is 13.8 Å². The average Bonchev–Trinajstić information content (AvgIpc) is 2.13. The summed E-state index contributed by atoms with van der Waals surface area (Å²) in [5, 5.41) is 9.38. The van der Waals surface area contributed by atoms with Crippen molar-refractivity contribution in [3.63, 3.8) is 0 Å². The number of likely N-dealkylation sites (N-methyl/N-ethyl adjacent to an activating group) is 3. The minimum atomic E-state index is -0.469. The first kappa shape index (κ1) is 11.8. The highest BCUT2D eigenvalue weighted by atomic mass is 16.5. The first-order chi connectivity index (χ1) is 5.66. The zero-order chi connectivity index (χ0) is 9.61. The summed E-state index contributed by atoms with van der Waals surface area (Å²) in [6.45, 7) is 4.71. The van der Waals surface area contributed by atoms with Crippen molar-refractivity contribution in [2.75, 3.05) is 27.7 Å². The zero-order valence-electron chi connectivity index (χ0n) is 8.69. The Morgan fingerprint density at radius 3 is 2.00 bits per heavy atom. The van der Waals surface area contributed by atoms with E-state index in [1.165, 1.54) is 0 Å². The molecule has 0 aromatic carbocycles. The van der Waals surface area contributed by atoms with E-state index in [4.69, 9.17) is 4.74 Å². The molecule has 0 amide bonds. The Bertz CT molecular complexity index is 115. The molecule has 12 heavy (non-hydrogen) atoms. The molecule has 0 radical (unpaired) electrons. The molecule has 3 N–H and O–H groups in total. The SMILES string of the molecule is CCOC(NC)(NC)C(C)NC. The predicted octanol–water partition coefficient (Wildman–Crippen LogP) is -0.277. The van der Waals surface area contributed by atoms with E-state index in [0.717, 1.165) is 0 Å². The molecule has 0 saturated heterocycles. The van der Waals surface area contributed by atoms with Crippen LogP contribution in [0.25, 0.3) is 0 Å². The fourth-order valence-corrected chi connectivity index (χ4v) is 1.26. The lowest BCUT2D eigenvalue weighted by Crippen LogP contribution is -2.66. The molecule has 0 saturated carbocycles. The van der Waals surface area contributed by atoms with Gasteiger partial charge in [0.05, 0.1) is 6.04 Å². The molecule has 74 valence electrons. The summed E-state index contributed by atoms with van der Waals surface area (Å²) < 4.78 is 5.60. The van der Waals surface area contributed by atoms with Crippen LogP contribution in [-0.2, 0) is 4.74 Å².